The fourth-order valence-corrected chi connectivity index (χ4v) is 15.5. The number of H-pyrrole nitrogens is 1. The third-order valence-electron chi connectivity index (χ3n) is 13.6. The Morgan fingerprint density at radius 2 is 1.71 bits per heavy atom. The Kier molecular flexibility index (Phi) is 25.5. The average molecular weight is 1350 g/mol. The van der Waals surface area contributed by atoms with E-state index < -0.39 is 87.4 Å². The highest BCUT2D eigenvalue weighted by Gasteiger charge is 2.46. The van der Waals surface area contributed by atoms with Crippen molar-refractivity contribution in [2.45, 2.75) is 112 Å². The van der Waals surface area contributed by atoms with E-state index in [1.54, 1.807) is 6.07 Å². The molecule has 5 atom stereocenters. The minimum Gasteiger partial charge on any atom is -0.369 e. The van der Waals surface area contributed by atoms with Gasteiger partial charge in [0.05, 0.1) is 41.6 Å². The van der Waals surface area contributed by atoms with Crippen molar-refractivity contribution >= 4 is 96.1 Å². The molecule has 2 amide bonds. The molecule has 4 heterocycles. The number of azide groups is 1. The molecule has 3 aliphatic heterocycles. The zero-order valence-corrected chi connectivity index (χ0v) is 53.2. The predicted molar refractivity (Wildman–Crippen MR) is 319 cm³/mol. The monoisotopic (exact) mass is 1350 g/mol. The lowest BCUT2D eigenvalue weighted by molar-refractivity contribution is -0.438. The fourth-order valence-electron chi connectivity index (χ4n) is 9.67. The Labute approximate surface area is 510 Å². The molecule has 2 aromatic carbocycles. The summed E-state index contributed by atoms with van der Waals surface area (Å²) in [7, 11) is -18.6. The Morgan fingerprint density at radius 1 is 0.977 bits per heavy atom. The van der Waals surface area contributed by atoms with Gasteiger partial charge in [0.25, 0.3) is 15.7 Å². The third-order valence-corrected chi connectivity index (χ3v) is 21.2. The van der Waals surface area contributed by atoms with E-state index in [4.69, 9.17) is 34.4 Å². The topological polar surface area (TPSA) is 439 Å². The summed E-state index contributed by atoms with van der Waals surface area (Å²) in [5, 5.41) is 21.4. The van der Waals surface area contributed by atoms with Crippen LogP contribution in [0.4, 0.5) is 11.4 Å². The van der Waals surface area contributed by atoms with Gasteiger partial charge < -0.3 is 44.6 Å². The number of phosphoric acid groups is 3. The lowest BCUT2D eigenvalue weighted by Crippen LogP contribution is -2.34. The first-order valence-electron chi connectivity index (χ1n) is 26.3. The molecular formula is C49H65N9O22P3S4+. The number of allylic oxidation sites excluding steroid dienone is 4. The number of aromatic nitrogens is 2. The van der Waals surface area contributed by atoms with Gasteiger partial charge in [0.1, 0.15) is 31.2 Å². The second-order valence-corrected chi connectivity index (χ2v) is 29.5. The maximum atomic E-state index is 12.8. The van der Waals surface area contributed by atoms with E-state index in [0.717, 1.165) is 74.5 Å². The number of hydrogen-bond donors (Lipinski definition) is 9. The van der Waals surface area contributed by atoms with Gasteiger partial charge in [-0.3, -0.25) is 33.0 Å². The van der Waals surface area contributed by atoms with Gasteiger partial charge in [-0.05, 0) is 81.1 Å². The summed E-state index contributed by atoms with van der Waals surface area (Å²) in [5.41, 5.74) is 11.2. The molecule has 9 N–H and O–H groups in total. The zero-order chi connectivity index (χ0) is 64.0. The van der Waals surface area contributed by atoms with E-state index >= 15 is 0 Å². The van der Waals surface area contributed by atoms with Crippen LogP contribution in [-0.4, -0.2) is 133 Å². The number of nitrogens with one attached hydrogen (secondary N) is 3. The second-order valence-electron chi connectivity index (χ2n) is 20.2. The highest BCUT2D eigenvalue weighted by Crippen LogP contribution is 2.66. The third kappa shape index (κ3) is 20.0. The Bertz CT molecular complexity index is 3640. The van der Waals surface area contributed by atoms with E-state index in [-0.39, 0.29) is 41.7 Å². The van der Waals surface area contributed by atoms with Gasteiger partial charge in [0, 0.05) is 101 Å². The largest absolute Gasteiger partial charge is 0.490 e. The normalized spacial score (nSPS) is 19.7. The summed E-state index contributed by atoms with van der Waals surface area (Å²) in [6.45, 7) is 10.2. The predicted octanol–water partition coefficient (Wildman–Crippen LogP) is 6.75. The molecular weight excluding hydrogens is 1290 g/mol. The van der Waals surface area contributed by atoms with Crippen LogP contribution in [0.3, 0.4) is 0 Å². The number of carbonyl (C=O) groups excluding carboxylic acids is 2. The molecule has 38 heteroatoms. The number of rotatable bonds is 32. The lowest BCUT2D eigenvalue weighted by atomic mass is 9.81. The van der Waals surface area contributed by atoms with Gasteiger partial charge in [0.2, 0.25) is 17.5 Å². The number of unbranched alkanes of at least 4 members (excludes halogenated alkanes) is 2. The molecule has 31 nitrogen and oxygen atoms in total. The molecule has 0 saturated carbocycles. The van der Waals surface area contributed by atoms with E-state index in [2.05, 4.69) is 85.1 Å². The average Bonchev–Trinajstić information content (AvgIpc) is 2.62. The van der Waals surface area contributed by atoms with Crippen LogP contribution in [0.25, 0.3) is 10.4 Å². The van der Waals surface area contributed by atoms with Gasteiger partial charge in [0.15, 0.2) is 5.71 Å². The van der Waals surface area contributed by atoms with Crippen molar-refractivity contribution in [2.75, 3.05) is 55.9 Å². The van der Waals surface area contributed by atoms with Crippen LogP contribution in [0.2, 0.25) is 0 Å². The molecule has 1 fully saturated rings. The quantitative estimate of drug-likeness (QED) is 0.00254. The summed E-state index contributed by atoms with van der Waals surface area (Å²) in [6.07, 6.45) is 5.75. The number of benzene rings is 2. The van der Waals surface area contributed by atoms with Crippen LogP contribution >= 0.6 is 57.1 Å². The number of nitrogens with zero attached hydrogens (tertiary/aromatic N) is 6. The Balaban J connectivity index is 0.927. The molecule has 3 aromatic rings. The molecule has 5 unspecified atom stereocenters. The van der Waals surface area contributed by atoms with E-state index in [1.807, 2.05) is 51.1 Å². The number of carbonyl (C=O) groups is 2. The van der Waals surface area contributed by atoms with Gasteiger partial charge >= 0.3 is 29.2 Å². The standard InChI is InChI=1S/C49H64N9O22P3S4/c1-6-56-37-19-17-34(87(71,72)73)27-36(37)49(4,5)41(56)13-10-14-42-48(2,3)35-26-33(86-78-77-63)16-18-38(35)57(42)23-9-7-8-15-43(59)52-22-25-85-84-24-20-44(60)51-21-11-12-32-29-58(47(62)54-46(32)61)45-28-39(74-31-53-55-50)40(76-45)30-75-82(67,68)80-83(69,70)79-81(64,65)66/h10,13-14,16-19,26-27,29,39-40,45H,6-9,15,20-25,28,30-31H2,1-5H3,(H8-,51,52,54,59,60,61,62,63,64,65,66,67,68,69,70,71,72,73)/p+1. The smallest absolute Gasteiger partial charge is 0.369 e. The van der Waals surface area contributed by atoms with Crippen molar-refractivity contribution in [2.24, 2.45) is 5.11 Å². The van der Waals surface area contributed by atoms with Crippen LogP contribution < -0.4 is 26.8 Å². The van der Waals surface area contributed by atoms with Gasteiger partial charge in [-0.2, -0.15) is 21.6 Å². The number of amides is 2. The Morgan fingerprint density at radius 3 is 2.41 bits per heavy atom. The van der Waals surface area contributed by atoms with Crippen LogP contribution in [-0.2, 0) is 76.2 Å². The molecule has 476 valence electrons. The number of hydrogen-bond acceptors (Lipinski definition) is 22. The maximum absolute atomic E-state index is 12.8. The molecule has 0 spiro atoms. The SMILES string of the molecule is CCN1/C(=C/C=C/C2=[N+](CCCCCC(=O)NCCSSCCC(=O)NCC#Cc3cn(C4CC(OCN=[N+]=[N-])C(COP(=O)(O)OP(=O)(O)OP(=O)(O)O)O4)c(=O)[nH]c3=O)c3ccc(SOOO)cc3C2(C)C)C(C)(C)c2cc(S(=O)(=O)O)ccc21. The van der Waals surface area contributed by atoms with Crippen molar-refractivity contribution in [3.8, 4) is 11.8 Å². The van der Waals surface area contributed by atoms with Crippen LogP contribution in [0.5, 0.6) is 0 Å². The van der Waals surface area contributed by atoms with E-state index in [9.17, 15) is 55.6 Å². The van der Waals surface area contributed by atoms with Crippen molar-refractivity contribution in [3.63, 3.8) is 0 Å². The van der Waals surface area contributed by atoms with Crippen LogP contribution in [0.15, 0.2) is 91.0 Å². The summed E-state index contributed by atoms with van der Waals surface area (Å²) >= 11 is 0.873. The highest BCUT2D eigenvalue weighted by molar-refractivity contribution is 8.76. The minimum absolute atomic E-state index is 0.0829. The van der Waals surface area contributed by atoms with Gasteiger partial charge in [-0.15, -0.1) is 4.33 Å². The molecule has 3 aliphatic rings. The molecule has 1 saturated heterocycles. The van der Waals surface area contributed by atoms with Crippen molar-refractivity contribution < 1.29 is 97.7 Å². The zero-order valence-electron chi connectivity index (χ0n) is 47.3. The van der Waals surface area contributed by atoms with Gasteiger partial charge in [-0.25, -0.2) is 23.7 Å². The second kappa shape index (κ2) is 31.2. The number of phosphoric ester groups is 1. The first-order valence-corrected chi connectivity index (χ1v) is 35.5. The van der Waals surface area contributed by atoms with Crippen molar-refractivity contribution in [1.82, 2.24) is 20.2 Å². The number of aromatic amines is 1. The van der Waals surface area contributed by atoms with Gasteiger partial charge in [-0.1, -0.05) is 63.5 Å². The number of ether oxygens (including phenoxy) is 2. The van der Waals surface area contributed by atoms with E-state index in [0.29, 0.717) is 44.0 Å². The fraction of sp³-hybridized carbons (Fsp3) is 0.490. The lowest BCUT2D eigenvalue weighted by Gasteiger charge is -2.25. The molecule has 6 rings (SSSR count). The molecule has 1 aromatic heterocycles. The minimum atomic E-state index is -5.84. The highest BCUT2D eigenvalue weighted by atomic mass is 33.1. The molecule has 0 aliphatic carbocycles. The molecule has 0 radical (unpaired) electrons. The first kappa shape index (κ1) is 71.1. The van der Waals surface area contributed by atoms with Crippen LogP contribution in [0.1, 0.15) is 96.1 Å². The van der Waals surface area contributed by atoms with E-state index in [1.165, 1.54) is 33.7 Å². The molecule has 0 bridgehead atoms. The number of fused-ring (bicyclic) bond motifs is 2. The maximum Gasteiger partial charge on any atom is 0.490 e. The summed E-state index contributed by atoms with van der Waals surface area (Å²) in [6, 6.07) is 10.5. The Hall–Kier alpha value is -4.95. The number of likely N-dealkylation sites (N-methyl/N-ethyl adjacent to an activating group) is 1. The molecule has 87 heavy (non-hydrogen) atoms. The summed E-state index contributed by atoms with van der Waals surface area (Å²) in [5.74, 6) is 5.77. The first-order chi connectivity index (χ1) is 40.9. The number of anilines is 1. The van der Waals surface area contributed by atoms with Crippen LogP contribution in [0, 0.1) is 11.8 Å². The summed E-state index contributed by atoms with van der Waals surface area (Å²) < 4.78 is 100.0. The van der Waals surface area contributed by atoms with Crippen molar-refractivity contribution in [1.29, 1.82) is 0 Å². The summed E-state index contributed by atoms with van der Waals surface area (Å²) in [4.78, 5) is 94.9. The van der Waals surface area contributed by atoms with Crippen molar-refractivity contribution in [3.05, 3.63) is 114 Å².